The Balaban J connectivity index is 1.91. The predicted octanol–water partition coefficient (Wildman–Crippen LogP) is 3.99. The van der Waals surface area contributed by atoms with Crippen LogP contribution in [0.1, 0.15) is 32.0 Å². The Morgan fingerprint density at radius 1 is 1.07 bits per heavy atom. The second kappa shape index (κ2) is 7.81. The Hall–Kier alpha value is -3.36. The second-order valence-corrected chi connectivity index (χ2v) is 7.81. The number of para-hydroxylation sites is 1. The molecule has 3 aromatic rings. The monoisotopic (exact) mass is 418 g/mol. The molecule has 0 spiro atoms. The van der Waals surface area contributed by atoms with Crippen LogP contribution in [0.25, 0.3) is 5.69 Å². The number of carbonyl (C=O) groups is 1. The number of rotatable bonds is 4. The smallest absolute Gasteiger partial charge is 0.309 e. The Morgan fingerprint density at radius 2 is 1.73 bits per heavy atom. The molecule has 1 amide bonds. The number of nitrogens with zero attached hydrogens (tertiary/aromatic N) is 3. The van der Waals surface area contributed by atoms with Gasteiger partial charge in [-0.2, -0.15) is 18.3 Å². The largest absolute Gasteiger partial charge is 0.421 e. The molecule has 0 atom stereocenters. The molecule has 158 valence electrons. The van der Waals surface area contributed by atoms with Crippen molar-refractivity contribution in [3.05, 3.63) is 76.3 Å². The van der Waals surface area contributed by atoms with Crippen LogP contribution in [-0.2, 0) is 22.9 Å². The van der Waals surface area contributed by atoms with Gasteiger partial charge in [0.2, 0.25) is 5.91 Å². The molecule has 2 aromatic heterocycles. The maximum Gasteiger partial charge on any atom is 0.421 e. The van der Waals surface area contributed by atoms with Crippen molar-refractivity contribution in [2.75, 3.05) is 5.32 Å². The lowest BCUT2D eigenvalue weighted by atomic mass is 9.92. The minimum absolute atomic E-state index is 0.294. The summed E-state index contributed by atoms with van der Waals surface area (Å²) in [6, 6.07) is 12.6. The molecule has 1 aromatic carbocycles. The molecule has 0 aliphatic carbocycles. The molecule has 2 heterocycles. The van der Waals surface area contributed by atoms with Gasteiger partial charge in [0.05, 0.1) is 11.4 Å². The van der Waals surface area contributed by atoms with E-state index in [4.69, 9.17) is 0 Å². The van der Waals surface area contributed by atoms with Crippen LogP contribution in [0.5, 0.6) is 0 Å². The first-order valence-electron chi connectivity index (χ1n) is 9.19. The summed E-state index contributed by atoms with van der Waals surface area (Å²) in [5.74, 6) is -0.287. The number of alkyl halides is 3. The zero-order valence-corrected chi connectivity index (χ0v) is 16.7. The summed E-state index contributed by atoms with van der Waals surface area (Å²) >= 11 is 0. The first-order chi connectivity index (χ1) is 14.0. The summed E-state index contributed by atoms with van der Waals surface area (Å²) in [6.45, 7) is 5.35. The molecule has 3 rings (SSSR count). The predicted molar refractivity (Wildman–Crippen MR) is 107 cm³/mol. The van der Waals surface area contributed by atoms with Crippen molar-refractivity contribution in [1.82, 2.24) is 14.3 Å². The number of amides is 1. The molecule has 0 unspecified atom stereocenters. The highest BCUT2D eigenvalue weighted by Gasteiger charge is 2.34. The molecule has 0 saturated heterocycles. The van der Waals surface area contributed by atoms with Crippen molar-refractivity contribution in [2.24, 2.45) is 0 Å². The van der Waals surface area contributed by atoms with Gasteiger partial charge < -0.3 is 9.88 Å². The van der Waals surface area contributed by atoms with Crippen LogP contribution in [0, 0.1) is 0 Å². The SMILES string of the molecule is CC(C)(C)c1cc(NC(=O)Cn2cccc(C(F)(F)F)c2=O)n(-c2ccccc2)n1. The van der Waals surface area contributed by atoms with Crippen molar-refractivity contribution in [2.45, 2.75) is 38.9 Å². The Morgan fingerprint density at radius 3 is 2.33 bits per heavy atom. The normalized spacial score (nSPS) is 12.1. The van der Waals surface area contributed by atoms with E-state index in [2.05, 4.69) is 10.4 Å². The first kappa shape index (κ1) is 21.4. The highest BCUT2D eigenvalue weighted by molar-refractivity contribution is 5.90. The number of nitrogens with one attached hydrogen (secondary N) is 1. The van der Waals surface area contributed by atoms with Crippen LogP contribution in [0.4, 0.5) is 19.0 Å². The van der Waals surface area contributed by atoms with Gasteiger partial charge in [-0.25, -0.2) is 4.68 Å². The summed E-state index contributed by atoms with van der Waals surface area (Å²) in [5.41, 5.74) is -1.45. The summed E-state index contributed by atoms with van der Waals surface area (Å²) in [7, 11) is 0. The highest BCUT2D eigenvalue weighted by Crippen LogP contribution is 2.27. The fourth-order valence-electron chi connectivity index (χ4n) is 2.82. The molecule has 0 saturated carbocycles. The third-order valence-corrected chi connectivity index (χ3v) is 4.39. The van der Waals surface area contributed by atoms with E-state index in [9.17, 15) is 22.8 Å². The Labute approximate surface area is 171 Å². The molecule has 0 bridgehead atoms. The third kappa shape index (κ3) is 4.61. The van der Waals surface area contributed by atoms with E-state index in [1.54, 1.807) is 10.7 Å². The first-order valence-corrected chi connectivity index (χ1v) is 9.19. The van der Waals surface area contributed by atoms with E-state index in [-0.39, 0.29) is 5.41 Å². The minimum Gasteiger partial charge on any atom is -0.309 e. The van der Waals surface area contributed by atoms with E-state index >= 15 is 0 Å². The van der Waals surface area contributed by atoms with Crippen LogP contribution in [0.15, 0.2) is 59.5 Å². The number of halogens is 3. The maximum atomic E-state index is 12.9. The molecule has 6 nitrogen and oxygen atoms in total. The van der Waals surface area contributed by atoms with Crippen LogP contribution in [0.2, 0.25) is 0 Å². The molecule has 1 N–H and O–H groups in total. The molecule has 0 aliphatic heterocycles. The number of hydrogen-bond acceptors (Lipinski definition) is 3. The molecular formula is C21H21F3N4O2. The van der Waals surface area contributed by atoms with Gasteiger partial charge in [-0.3, -0.25) is 9.59 Å². The highest BCUT2D eigenvalue weighted by atomic mass is 19.4. The van der Waals surface area contributed by atoms with Crippen LogP contribution in [-0.4, -0.2) is 20.3 Å². The summed E-state index contributed by atoms with van der Waals surface area (Å²) < 4.78 is 41.1. The van der Waals surface area contributed by atoms with E-state index in [1.807, 2.05) is 51.1 Å². The van der Waals surface area contributed by atoms with Crippen LogP contribution >= 0.6 is 0 Å². The van der Waals surface area contributed by atoms with Crippen LogP contribution < -0.4 is 10.9 Å². The van der Waals surface area contributed by atoms with Gasteiger partial charge in [0.25, 0.3) is 5.56 Å². The van der Waals surface area contributed by atoms with Gasteiger partial charge in [-0.15, -0.1) is 0 Å². The number of aromatic nitrogens is 3. The third-order valence-electron chi connectivity index (χ3n) is 4.39. The van der Waals surface area contributed by atoms with Crippen LogP contribution in [0.3, 0.4) is 0 Å². The molecule has 9 heteroatoms. The van der Waals surface area contributed by atoms with Gasteiger partial charge in [-0.1, -0.05) is 39.0 Å². The summed E-state index contributed by atoms with van der Waals surface area (Å²) in [6.07, 6.45) is -3.64. The molecule has 0 radical (unpaired) electrons. The molecule has 0 fully saturated rings. The van der Waals surface area contributed by atoms with E-state index in [0.29, 0.717) is 17.6 Å². The van der Waals surface area contributed by atoms with E-state index < -0.39 is 29.8 Å². The lowest BCUT2D eigenvalue weighted by molar-refractivity contribution is -0.139. The van der Waals surface area contributed by atoms with Crippen molar-refractivity contribution in [3.63, 3.8) is 0 Å². The Kier molecular flexibility index (Phi) is 5.56. The summed E-state index contributed by atoms with van der Waals surface area (Å²) in [4.78, 5) is 24.6. The number of carbonyl (C=O) groups excluding carboxylic acids is 1. The van der Waals surface area contributed by atoms with E-state index in [0.717, 1.165) is 22.5 Å². The quantitative estimate of drug-likeness (QED) is 0.697. The van der Waals surface area contributed by atoms with Gasteiger partial charge in [0.15, 0.2) is 0 Å². The van der Waals surface area contributed by atoms with Crippen molar-refractivity contribution in [1.29, 1.82) is 0 Å². The van der Waals surface area contributed by atoms with Gasteiger partial charge in [0, 0.05) is 17.7 Å². The minimum atomic E-state index is -4.79. The number of benzene rings is 1. The summed E-state index contributed by atoms with van der Waals surface area (Å²) in [5, 5.41) is 7.22. The lowest BCUT2D eigenvalue weighted by Gasteiger charge is -2.14. The van der Waals surface area contributed by atoms with Gasteiger partial charge >= 0.3 is 6.18 Å². The standard InChI is InChI=1S/C21H21F3N4O2/c1-20(2,3)16-12-17(28(26-16)14-8-5-4-6-9-14)25-18(29)13-27-11-7-10-15(19(27)30)21(22,23)24/h4-12H,13H2,1-3H3,(H,25,29). The van der Waals surface area contributed by atoms with Gasteiger partial charge in [0.1, 0.15) is 17.9 Å². The van der Waals surface area contributed by atoms with Gasteiger partial charge in [-0.05, 0) is 24.3 Å². The van der Waals surface area contributed by atoms with Crippen molar-refractivity contribution in [3.8, 4) is 5.69 Å². The number of hydrogen-bond donors (Lipinski definition) is 1. The van der Waals surface area contributed by atoms with Crippen molar-refractivity contribution >= 4 is 11.7 Å². The average Bonchev–Trinajstić information content (AvgIpc) is 3.07. The van der Waals surface area contributed by atoms with Crippen molar-refractivity contribution < 1.29 is 18.0 Å². The average molecular weight is 418 g/mol. The number of pyridine rings is 1. The molecule has 0 aliphatic rings. The second-order valence-electron chi connectivity index (χ2n) is 7.81. The Bertz CT molecular complexity index is 1110. The fourth-order valence-corrected chi connectivity index (χ4v) is 2.82. The molecule has 30 heavy (non-hydrogen) atoms. The fraction of sp³-hybridized carbons (Fsp3) is 0.286. The molecular weight excluding hydrogens is 397 g/mol. The maximum absolute atomic E-state index is 12.9. The topological polar surface area (TPSA) is 68.9 Å². The zero-order chi connectivity index (χ0) is 22.1. The zero-order valence-electron chi connectivity index (χ0n) is 16.7. The lowest BCUT2D eigenvalue weighted by Crippen LogP contribution is -2.32. The van der Waals surface area contributed by atoms with E-state index in [1.165, 1.54) is 0 Å². The number of anilines is 1.